The van der Waals surface area contributed by atoms with Crippen molar-refractivity contribution >= 4 is 17.6 Å². The standard InChI is InChI=1S/C34H37NO4/c1-2-3-7-26-11-13-27(14-12-26)15-16-28-17-19-29(20-18-28)33(37)35(23-6-10-25-8-4-5-9-25)30-21-22-31(34(38)39)32(36)24-30/h11-14,17-22,24-25,36H,2-10,23H2,1H3,(H,38,39). The minimum absolute atomic E-state index is 0.185. The summed E-state index contributed by atoms with van der Waals surface area (Å²) in [5.41, 5.74) is 3.91. The lowest BCUT2D eigenvalue weighted by Gasteiger charge is -2.24. The minimum atomic E-state index is -1.21. The fourth-order valence-electron chi connectivity index (χ4n) is 5.19. The number of unbranched alkanes of at least 4 members (excludes halogenated alkanes) is 1. The van der Waals surface area contributed by atoms with Gasteiger partial charge in [-0.25, -0.2) is 4.79 Å². The Hall–Kier alpha value is -4.04. The summed E-state index contributed by atoms with van der Waals surface area (Å²) in [7, 11) is 0. The Morgan fingerprint density at radius 2 is 1.54 bits per heavy atom. The lowest BCUT2D eigenvalue weighted by atomic mass is 10.0. The Labute approximate surface area is 231 Å². The molecule has 0 aromatic heterocycles. The smallest absolute Gasteiger partial charge is 0.339 e. The van der Waals surface area contributed by atoms with E-state index < -0.39 is 5.97 Å². The molecule has 0 atom stereocenters. The van der Waals surface area contributed by atoms with Gasteiger partial charge < -0.3 is 15.1 Å². The number of phenols is 1. The monoisotopic (exact) mass is 523 g/mol. The molecule has 1 saturated carbocycles. The summed E-state index contributed by atoms with van der Waals surface area (Å²) in [5.74, 6) is 5.33. The Kier molecular flexibility index (Phi) is 9.80. The molecule has 1 aliphatic rings. The zero-order valence-corrected chi connectivity index (χ0v) is 22.7. The van der Waals surface area contributed by atoms with Gasteiger partial charge in [0.25, 0.3) is 5.91 Å². The normalized spacial score (nSPS) is 13.1. The first-order valence-corrected chi connectivity index (χ1v) is 14.0. The van der Waals surface area contributed by atoms with E-state index in [1.807, 2.05) is 24.3 Å². The van der Waals surface area contributed by atoms with Crippen LogP contribution in [0.1, 0.15) is 95.7 Å². The highest BCUT2D eigenvalue weighted by molar-refractivity contribution is 6.06. The Bertz CT molecular complexity index is 1330. The molecule has 0 spiro atoms. The Morgan fingerprint density at radius 3 is 2.13 bits per heavy atom. The van der Waals surface area contributed by atoms with Crippen LogP contribution in [-0.2, 0) is 6.42 Å². The van der Waals surface area contributed by atoms with Crippen LogP contribution >= 0.6 is 0 Å². The molecule has 1 aliphatic carbocycles. The highest BCUT2D eigenvalue weighted by atomic mass is 16.4. The van der Waals surface area contributed by atoms with E-state index in [4.69, 9.17) is 0 Å². The third-order valence-corrected chi connectivity index (χ3v) is 7.49. The average molecular weight is 524 g/mol. The van der Waals surface area contributed by atoms with E-state index in [0.29, 0.717) is 23.7 Å². The second kappa shape index (κ2) is 13.7. The number of aromatic hydroxyl groups is 1. The maximum absolute atomic E-state index is 13.6. The molecule has 4 rings (SSSR count). The Morgan fingerprint density at radius 1 is 0.897 bits per heavy atom. The number of rotatable bonds is 10. The summed E-state index contributed by atoms with van der Waals surface area (Å²) in [4.78, 5) is 26.6. The molecule has 0 unspecified atom stereocenters. The molecule has 2 N–H and O–H groups in total. The van der Waals surface area contributed by atoms with Gasteiger partial charge in [0.1, 0.15) is 11.3 Å². The summed E-state index contributed by atoms with van der Waals surface area (Å²) in [5, 5.41) is 19.5. The fourth-order valence-corrected chi connectivity index (χ4v) is 5.19. The summed E-state index contributed by atoms with van der Waals surface area (Å²) in [6, 6.07) is 19.9. The van der Waals surface area contributed by atoms with Crippen molar-refractivity contribution in [1.82, 2.24) is 0 Å². The molecule has 0 heterocycles. The quantitative estimate of drug-likeness (QED) is 0.271. The molecular formula is C34H37NO4. The maximum atomic E-state index is 13.6. The molecule has 0 radical (unpaired) electrons. The van der Waals surface area contributed by atoms with E-state index >= 15 is 0 Å². The second-order valence-electron chi connectivity index (χ2n) is 10.4. The topological polar surface area (TPSA) is 77.8 Å². The van der Waals surface area contributed by atoms with Crippen LogP contribution in [0.4, 0.5) is 5.69 Å². The molecule has 1 fully saturated rings. The van der Waals surface area contributed by atoms with Crippen LogP contribution in [0.15, 0.2) is 66.7 Å². The zero-order valence-electron chi connectivity index (χ0n) is 22.7. The molecule has 5 heteroatoms. The van der Waals surface area contributed by atoms with Crippen molar-refractivity contribution in [2.24, 2.45) is 5.92 Å². The molecule has 39 heavy (non-hydrogen) atoms. The third-order valence-electron chi connectivity index (χ3n) is 7.49. The Balaban J connectivity index is 1.48. The summed E-state index contributed by atoms with van der Waals surface area (Å²) in [6.45, 7) is 2.69. The van der Waals surface area contributed by atoms with Crippen LogP contribution in [0, 0.1) is 17.8 Å². The molecule has 0 aliphatic heterocycles. The number of nitrogens with zero attached hydrogens (tertiary/aromatic N) is 1. The predicted molar refractivity (Wildman–Crippen MR) is 155 cm³/mol. The number of benzene rings is 3. The lowest BCUT2D eigenvalue weighted by Crippen LogP contribution is -2.32. The van der Waals surface area contributed by atoms with Gasteiger partial charge in [0, 0.05) is 35.0 Å². The van der Waals surface area contributed by atoms with Crippen LogP contribution < -0.4 is 4.90 Å². The van der Waals surface area contributed by atoms with Gasteiger partial charge in [0.05, 0.1) is 0 Å². The molecule has 3 aromatic rings. The zero-order chi connectivity index (χ0) is 27.6. The van der Waals surface area contributed by atoms with E-state index in [1.54, 1.807) is 23.1 Å². The van der Waals surface area contributed by atoms with Gasteiger partial charge in [0.2, 0.25) is 0 Å². The molecule has 0 saturated heterocycles. The molecule has 3 aromatic carbocycles. The predicted octanol–water partition coefficient (Wildman–Crippen LogP) is 7.45. The second-order valence-corrected chi connectivity index (χ2v) is 10.4. The van der Waals surface area contributed by atoms with Gasteiger partial charge in [0.15, 0.2) is 0 Å². The number of hydrogen-bond acceptors (Lipinski definition) is 3. The van der Waals surface area contributed by atoms with E-state index in [9.17, 15) is 19.8 Å². The van der Waals surface area contributed by atoms with Crippen molar-refractivity contribution in [3.63, 3.8) is 0 Å². The number of aryl methyl sites for hydroxylation is 1. The van der Waals surface area contributed by atoms with Crippen LogP contribution in [0.5, 0.6) is 5.75 Å². The maximum Gasteiger partial charge on any atom is 0.339 e. The highest BCUT2D eigenvalue weighted by Crippen LogP contribution is 2.30. The van der Waals surface area contributed by atoms with Crippen molar-refractivity contribution in [3.8, 4) is 17.6 Å². The van der Waals surface area contributed by atoms with E-state index in [-0.39, 0.29) is 17.2 Å². The van der Waals surface area contributed by atoms with Crippen molar-refractivity contribution in [1.29, 1.82) is 0 Å². The van der Waals surface area contributed by atoms with E-state index in [0.717, 1.165) is 30.4 Å². The molecule has 0 bridgehead atoms. The third kappa shape index (κ3) is 7.74. The van der Waals surface area contributed by atoms with Gasteiger partial charge in [-0.1, -0.05) is 63.0 Å². The first kappa shape index (κ1) is 28.0. The van der Waals surface area contributed by atoms with Crippen LogP contribution in [0.25, 0.3) is 0 Å². The van der Waals surface area contributed by atoms with Gasteiger partial charge in [-0.05, 0) is 85.7 Å². The van der Waals surface area contributed by atoms with E-state index in [2.05, 4.69) is 30.9 Å². The largest absolute Gasteiger partial charge is 0.507 e. The average Bonchev–Trinajstić information content (AvgIpc) is 3.47. The number of aromatic carboxylic acids is 1. The summed E-state index contributed by atoms with van der Waals surface area (Å²) in [6.07, 6.45) is 10.4. The van der Waals surface area contributed by atoms with Gasteiger partial charge in [-0.2, -0.15) is 0 Å². The van der Waals surface area contributed by atoms with E-state index in [1.165, 1.54) is 56.2 Å². The van der Waals surface area contributed by atoms with Crippen molar-refractivity contribution in [3.05, 3.63) is 94.5 Å². The molecular weight excluding hydrogens is 486 g/mol. The SMILES string of the molecule is CCCCc1ccc(C#Cc2ccc(C(=O)N(CCCC3CCCC3)c3ccc(C(=O)O)c(O)c3)cc2)cc1. The number of carboxylic acids is 1. The minimum Gasteiger partial charge on any atom is -0.507 e. The first-order chi connectivity index (χ1) is 18.9. The summed E-state index contributed by atoms with van der Waals surface area (Å²) < 4.78 is 0. The van der Waals surface area contributed by atoms with Crippen molar-refractivity contribution in [2.75, 3.05) is 11.4 Å². The molecule has 202 valence electrons. The number of carbonyl (C=O) groups excluding carboxylic acids is 1. The van der Waals surface area contributed by atoms with Gasteiger partial charge in [-0.15, -0.1) is 0 Å². The first-order valence-electron chi connectivity index (χ1n) is 14.0. The number of hydrogen-bond donors (Lipinski definition) is 2. The fraction of sp³-hybridized carbons (Fsp3) is 0.353. The number of carboxylic acid groups (broad SMARTS) is 1. The van der Waals surface area contributed by atoms with Crippen molar-refractivity contribution < 1.29 is 19.8 Å². The van der Waals surface area contributed by atoms with Crippen LogP contribution in [-0.4, -0.2) is 28.6 Å². The van der Waals surface area contributed by atoms with Gasteiger partial charge in [-0.3, -0.25) is 4.79 Å². The van der Waals surface area contributed by atoms with Crippen LogP contribution in [0.2, 0.25) is 0 Å². The highest BCUT2D eigenvalue weighted by Gasteiger charge is 2.21. The number of carbonyl (C=O) groups is 2. The number of amides is 1. The van der Waals surface area contributed by atoms with Crippen LogP contribution in [0.3, 0.4) is 0 Å². The van der Waals surface area contributed by atoms with Gasteiger partial charge >= 0.3 is 5.97 Å². The van der Waals surface area contributed by atoms with Crippen molar-refractivity contribution in [2.45, 2.75) is 64.7 Å². The lowest BCUT2D eigenvalue weighted by molar-refractivity contribution is 0.0693. The number of anilines is 1. The summed E-state index contributed by atoms with van der Waals surface area (Å²) >= 11 is 0. The molecule has 1 amide bonds. The molecule has 5 nitrogen and oxygen atoms in total.